The first-order chi connectivity index (χ1) is 10.2. The van der Waals surface area contributed by atoms with Crippen molar-refractivity contribution in [3.63, 3.8) is 0 Å². The molecule has 1 N–H and O–H groups in total. The zero-order chi connectivity index (χ0) is 15.2. The van der Waals surface area contributed by atoms with Gasteiger partial charge in [0.15, 0.2) is 0 Å². The molecule has 21 heavy (non-hydrogen) atoms. The molecule has 2 saturated heterocycles. The summed E-state index contributed by atoms with van der Waals surface area (Å²) >= 11 is 0. The Bertz CT molecular complexity index is 365. The summed E-state index contributed by atoms with van der Waals surface area (Å²) in [6.45, 7) is 8.13. The number of hydrogen-bond donors (Lipinski definition) is 1. The molecule has 0 spiro atoms. The molecule has 2 aliphatic rings. The molecule has 2 rings (SSSR count). The highest BCUT2D eigenvalue weighted by atomic mass is 16.5. The van der Waals surface area contributed by atoms with Crippen LogP contribution in [0.1, 0.15) is 33.1 Å². The second-order valence-electron chi connectivity index (χ2n) is 5.69. The molecular formula is C15H27N3O3. The lowest BCUT2D eigenvalue weighted by Gasteiger charge is -2.31. The third-order valence-electron chi connectivity index (χ3n) is 4.35. The van der Waals surface area contributed by atoms with Crippen molar-refractivity contribution >= 4 is 11.8 Å². The normalized spacial score (nSPS) is 25.9. The van der Waals surface area contributed by atoms with Crippen LogP contribution in [0.5, 0.6) is 0 Å². The fourth-order valence-corrected chi connectivity index (χ4v) is 3.15. The predicted octanol–water partition coefficient (Wildman–Crippen LogP) is 0.224. The van der Waals surface area contributed by atoms with Crippen LogP contribution in [0.3, 0.4) is 0 Å². The van der Waals surface area contributed by atoms with Gasteiger partial charge in [-0.15, -0.1) is 0 Å². The molecule has 120 valence electrons. The molecule has 2 heterocycles. The number of morpholine rings is 1. The third kappa shape index (κ3) is 3.95. The highest BCUT2D eigenvalue weighted by molar-refractivity contribution is 5.88. The highest BCUT2D eigenvalue weighted by Crippen LogP contribution is 2.21. The van der Waals surface area contributed by atoms with Crippen LogP contribution in [-0.2, 0) is 14.3 Å². The molecule has 0 saturated carbocycles. The van der Waals surface area contributed by atoms with E-state index in [9.17, 15) is 9.59 Å². The molecule has 0 aliphatic carbocycles. The second kappa shape index (κ2) is 7.75. The van der Waals surface area contributed by atoms with Gasteiger partial charge in [0.05, 0.1) is 13.2 Å². The Balaban J connectivity index is 1.93. The van der Waals surface area contributed by atoms with E-state index in [1.165, 1.54) is 0 Å². The largest absolute Gasteiger partial charge is 0.378 e. The van der Waals surface area contributed by atoms with E-state index in [0.29, 0.717) is 39.3 Å². The molecule has 0 aromatic carbocycles. The van der Waals surface area contributed by atoms with Crippen LogP contribution in [0.15, 0.2) is 0 Å². The van der Waals surface area contributed by atoms with Gasteiger partial charge in [0.25, 0.3) is 0 Å². The Morgan fingerprint density at radius 3 is 2.71 bits per heavy atom. The van der Waals surface area contributed by atoms with E-state index in [1.807, 2.05) is 18.7 Å². The molecule has 0 aromatic rings. The Labute approximate surface area is 126 Å². The number of likely N-dealkylation sites (tertiary alicyclic amines) is 1. The molecule has 0 bridgehead atoms. The monoisotopic (exact) mass is 297 g/mol. The third-order valence-corrected chi connectivity index (χ3v) is 4.35. The number of nitrogens with zero attached hydrogens (tertiary/aromatic N) is 2. The number of carbonyl (C=O) groups is 2. The summed E-state index contributed by atoms with van der Waals surface area (Å²) in [5, 5.41) is 3.29. The number of likely N-dealkylation sites (N-methyl/N-ethyl adjacent to an activating group) is 1. The second-order valence-corrected chi connectivity index (χ2v) is 5.69. The first-order valence-electron chi connectivity index (χ1n) is 8.06. The summed E-state index contributed by atoms with van der Waals surface area (Å²) in [7, 11) is 0. The minimum Gasteiger partial charge on any atom is -0.378 e. The van der Waals surface area contributed by atoms with Crippen LogP contribution >= 0.6 is 0 Å². The van der Waals surface area contributed by atoms with E-state index in [1.54, 1.807) is 4.90 Å². The van der Waals surface area contributed by atoms with Gasteiger partial charge in [0.2, 0.25) is 11.8 Å². The van der Waals surface area contributed by atoms with Crippen LogP contribution in [0, 0.1) is 0 Å². The molecule has 2 fully saturated rings. The minimum absolute atomic E-state index is 0.0704. The van der Waals surface area contributed by atoms with Crippen LogP contribution in [0.4, 0.5) is 0 Å². The molecule has 0 aromatic heterocycles. The Morgan fingerprint density at radius 1 is 1.33 bits per heavy atom. The smallest absolute Gasteiger partial charge is 0.245 e. The molecular weight excluding hydrogens is 270 g/mol. The standard InChI is InChI=1S/C15H27N3O3/c1-3-17(4-2)15(20)13-6-5-8-18(13)14(19)10-12-11-21-9-7-16-12/h12-13,16H,3-11H2,1-2H3. The first kappa shape index (κ1) is 16.2. The Kier molecular flexibility index (Phi) is 5.99. The zero-order valence-corrected chi connectivity index (χ0v) is 13.1. The Morgan fingerprint density at radius 2 is 2.10 bits per heavy atom. The number of rotatable bonds is 5. The van der Waals surface area contributed by atoms with Crippen LogP contribution in [-0.4, -0.2) is 73.1 Å². The van der Waals surface area contributed by atoms with Crippen molar-refractivity contribution in [3.05, 3.63) is 0 Å². The summed E-state index contributed by atoms with van der Waals surface area (Å²) in [6, 6.07) is -0.182. The lowest BCUT2D eigenvalue weighted by molar-refractivity contribution is -0.144. The molecule has 0 radical (unpaired) electrons. The molecule has 2 amide bonds. The van der Waals surface area contributed by atoms with E-state index < -0.39 is 0 Å². The van der Waals surface area contributed by atoms with Gasteiger partial charge in [0.1, 0.15) is 6.04 Å². The summed E-state index contributed by atoms with van der Waals surface area (Å²) in [6.07, 6.45) is 2.12. The van der Waals surface area contributed by atoms with Crippen molar-refractivity contribution in [3.8, 4) is 0 Å². The number of amides is 2. The average molecular weight is 297 g/mol. The molecule has 2 aliphatic heterocycles. The first-order valence-corrected chi connectivity index (χ1v) is 8.06. The summed E-state index contributed by atoms with van der Waals surface area (Å²) in [5.41, 5.74) is 0. The van der Waals surface area contributed by atoms with Crippen LogP contribution in [0.25, 0.3) is 0 Å². The van der Waals surface area contributed by atoms with E-state index in [-0.39, 0.29) is 23.9 Å². The number of ether oxygens (including phenoxy) is 1. The molecule has 6 nitrogen and oxygen atoms in total. The summed E-state index contributed by atoms with van der Waals surface area (Å²) in [5.74, 6) is 0.166. The van der Waals surface area contributed by atoms with Crippen molar-refractivity contribution in [2.45, 2.75) is 45.2 Å². The molecule has 2 atom stereocenters. The topological polar surface area (TPSA) is 61.9 Å². The summed E-state index contributed by atoms with van der Waals surface area (Å²) in [4.78, 5) is 28.6. The van der Waals surface area contributed by atoms with Gasteiger partial charge >= 0.3 is 0 Å². The van der Waals surface area contributed by atoms with Gasteiger partial charge < -0.3 is 19.9 Å². The molecule has 6 heteroatoms. The van der Waals surface area contributed by atoms with Crippen molar-refractivity contribution in [1.29, 1.82) is 0 Å². The lowest BCUT2D eigenvalue weighted by atomic mass is 10.1. The van der Waals surface area contributed by atoms with Crippen molar-refractivity contribution in [2.75, 3.05) is 39.4 Å². The average Bonchev–Trinajstić information content (AvgIpc) is 2.99. The number of carbonyl (C=O) groups excluding carboxylic acids is 2. The zero-order valence-electron chi connectivity index (χ0n) is 13.1. The molecule has 2 unspecified atom stereocenters. The fraction of sp³-hybridized carbons (Fsp3) is 0.867. The van der Waals surface area contributed by atoms with E-state index in [2.05, 4.69) is 5.32 Å². The van der Waals surface area contributed by atoms with Crippen molar-refractivity contribution in [1.82, 2.24) is 15.1 Å². The summed E-state index contributed by atoms with van der Waals surface area (Å²) < 4.78 is 5.38. The maximum absolute atomic E-state index is 12.5. The van der Waals surface area contributed by atoms with E-state index in [4.69, 9.17) is 4.74 Å². The maximum Gasteiger partial charge on any atom is 0.245 e. The quantitative estimate of drug-likeness (QED) is 0.789. The van der Waals surface area contributed by atoms with Gasteiger partial charge in [-0.25, -0.2) is 0 Å². The van der Waals surface area contributed by atoms with Crippen LogP contribution in [0.2, 0.25) is 0 Å². The van der Waals surface area contributed by atoms with Gasteiger partial charge in [-0.3, -0.25) is 9.59 Å². The van der Waals surface area contributed by atoms with Crippen molar-refractivity contribution < 1.29 is 14.3 Å². The lowest BCUT2D eigenvalue weighted by Crippen LogP contribution is -2.50. The van der Waals surface area contributed by atoms with Gasteiger partial charge in [-0.1, -0.05) is 0 Å². The van der Waals surface area contributed by atoms with Gasteiger partial charge in [-0.2, -0.15) is 0 Å². The SMILES string of the molecule is CCN(CC)C(=O)C1CCCN1C(=O)CC1COCCN1. The van der Waals surface area contributed by atoms with E-state index >= 15 is 0 Å². The minimum atomic E-state index is -0.262. The van der Waals surface area contributed by atoms with E-state index in [0.717, 1.165) is 19.4 Å². The fourth-order valence-electron chi connectivity index (χ4n) is 3.15. The number of hydrogen-bond acceptors (Lipinski definition) is 4. The van der Waals surface area contributed by atoms with Gasteiger partial charge in [-0.05, 0) is 26.7 Å². The van der Waals surface area contributed by atoms with Crippen molar-refractivity contribution in [2.24, 2.45) is 0 Å². The predicted molar refractivity (Wildman–Crippen MR) is 79.9 cm³/mol. The van der Waals surface area contributed by atoms with Gasteiger partial charge in [0, 0.05) is 38.6 Å². The maximum atomic E-state index is 12.5. The highest BCUT2D eigenvalue weighted by Gasteiger charge is 2.36. The number of nitrogens with one attached hydrogen (secondary N) is 1. The Hall–Kier alpha value is -1.14. The van der Waals surface area contributed by atoms with Crippen LogP contribution < -0.4 is 5.32 Å².